The molecule has 0 heterocycles. The van der Waals surface area contributed by atoms with Crippen molar-refractivity contribution in [3.8, 4) is 0 Å². The lowest BCUT2D eigenvalue weighted by atomic mass is 9.49. The third-order valence-corrected chi connectivity index (χ3v) is 13.7. The van der Waals surface area contributed by atoms with Gasteiger partial charge in [0.2, 0.25) is 23.6 Å². The molecule has 4 aliphatic rings. The van der Waals surface area contributed by atoms with Crippen LogP contribution in [0.2, 0.25) is 0 Å². The summed E-state index contributed by atoms with van der Waals surface area (Å²) in [7, 11) is 0. The van der Waals surface area contributed by atoms with Crippen LogP contribution < -0.4 is 27.4 Å². The van der Waals surface area contributed by atoms with Crippen LogP contribution in [0, 0.1) is 22.7 Å². The van der Waals surface area contributed by atoms with E-state index in [9.17, 15) is 24.0 Å². The maximum absolute atomic E-state index is 14.5. The number of aryl methyl sites for hydroxylation is 2. The Hall–Kier alpha value is -4.09. The Balaban J connectivity index is 1.21. The molecule has 1 unspecified atom stereocenters. The van der Waals surface area contributed by atoms with E-state index >= 15 is 0 Å². The molecule has 0 bridgehead atoms. The van der Waals surface area contributed by atoms with Crippen LogP contribution in [0.4, 0.5) is 11.4 Å². The van der Waals surface area contributed by atoms with E-state index in [1.807, 2.05) is 38.1 Å². The third-order valence-electron chi connectivity index (χ3n) is 13.7. The molecular formula is C41H55N5O6. The predicted molar refractivity (Wildman–Crippen MR) is 199 cm³/mol. The lowest BCUT2D eigenvalue weighted by Crippen LogP contribution is -2.60. The van der Waals surface area contributed by atoms with Gasteiger partial charge in [-0.3, -0.25) is 29.3 Å². The van der Waals surface area contributed by atoms with E-state index < -0.39 is 28.7 Å². The molecule has 0 aliphatic heterocycles. The number of carbonyl (C=O) groups is 5. The smallest absolute Gasteiger partial charge is 0.303 e. The lowest BCUT2D eigenvalue weighted by molar-refractivity contribution is -0.150. The molecule has 2 saturated carbocycles. The van der Waals surface area contributed by atoms with Gasteiger partial charge in [-0.15, -0.1) is 0 Å². The highest BCUT2D eigenvalue weighted by Gasteiger charge is 2.58. The largest absolute Gasteiger partial charge is 0.481 e. The summed E-state index contributed by atoms with van der Waals surface area (Å²) < 4.78 is 0. The molecule has 11 nitrogen and oxygen atoms in total. The van der Waals surface area contributed by atoms with Gasteiger partial charge >= 0.3 is 5.97 Å². The van der Waals surface area contributed by atoms with Crippen molar-refractivity contribution in [3.05, 3.63) is 58.7 Å². The minimum Gasteiger partial charge on any atom is -0.481 e. The Labute approximate surface area is 306 Å². The van der Waals surface area contributed by atoms with Gasteiger partial charge in [-0.2, -0.15) is 0 Å². The van der Waals surface area contributed by atoms with Crippen LogP contribution in [0.1, 0.15) is 114 Å². The molecule has 52 heavy (non-hydrogen) atoms. The summed E-state index contributed by atoms with van der Waals surface area (Å²) in [6.07, 6.45) is 7.96. The summed E-state index contributed by atoms with van der Waals surface area (Å²) in [5.74, 6) is -2.09. The average molecular weight is 714 g/mol. The molecule has 0 radical (unpaired) electrons. The molecule has 280 valence electrons. The fourth-order valence-electron chi connectivity index (χ4n) is 10.9. The number of rotatable bonds is 9. The van der Waals surface area contributed by atoms with Crippen molar-refractivity contribution in [2.75, 3.05) is 17.2 Å². The highest BCUT2D eigenvalue weighted by Crippen LogP contribution is 2.59. The average Bonchev–Trinajstić information content (AvgIpc) is 3.10. The number of carboxylic acids is 1. The molecule has 0 aromatic heterocycles. The third kappa shape index (κ3) is 6.55. The highest BCUT2D eigenvalue weighted by molar-refractivity contribution is 6.01. The van der Waals surface area contributed by atoms with Crippen LogP contribution >= 0.6 is 0 Å². The Morgan fingerprint density at radius 2 is 1.25 bits per heavy atom. The second-order valence-electron chi connectivity index (χ2n) is 16.9. The SMILES string of the molecule is C[C@]1(C(=O)NC(=O)[C@@]2(C)CCC[C@]3(C)c4cc(NC(=O)C(N)CCC(=O)O)ccc4CC[C@@H]23)CCC[C@]2(C)c3cc(NC(=O)CN)ccc3CC[C@@H]12. The maximum atomic E-state index is 14.5. The van der Waals surface area contributed by atoms with E-state index in [0.717, 1.165) is 62.5 Å². The number of fused-ring (bicyclic) bond motifs is 6. The van der Waals surface area contributed by atoms with Gasteiger partial charge in [-0.05, 0) is 127 Å². The van der Waals surface area contributed by atoms with E-state index in [-0.39, 0.29) is 59.8 Å². The molecule has 4 amide bonds. The van der Waals surface area contributed by atoms with Crippen molar-refractivity contribution in [1.29, 1.82) is 0 Å². The van der Waals surface area contributed by atoms with Crippen molar-refractivity contribution in [2.24, 2.45) is 34.1 Å². The Kier molecular flexibility index (Phi) is 10.2. The predicted octanol–water partition coefficient (Wildman–Crippen LogP) is 5.08. The first kappa shape index (κ1) is 37.7. The number of carboxylic acid groups (broad SMARTS) is 1. The standard InChI is InChI=1S/C41H55N5O6/c1-38-17-5-19-40(3,31(38)14-9-24-7-11-26(21-28(24)38)44-33(47)23-42)36(51)46-37(52)41(4)20-6-18-39(2)29-22-27(12-8-25(29)10-15-32(39)41)45-35(50)30(43)13-16-34(48)49/h7-8,11-12,21-22,30-32H,5-6,9-10,13-20,23,42-43H2,1-4H3,(H,44,47)(H,45,50)(H,48,49)(H,46,51,52)/t30?,31-,32-,38-,39-,40+,41+/m1/s1. The topological polar surface area (TPSA) is 194 Å². The van der Waals surface area contributed by atoms with E-state index in [1.54, 1.807) is 0 Å². The number of nitrogens with one attached hydrogen (secondary N) is 3. The number of amides is 4. The number of benzene rings is 2. The van der Waals surface area contributed by atoms with Gasteiger partial charge in [-0.1, -0.05) is 52.7 Å². The van der Waals surface area contributed by atoms with Crippen molar-refractivity contribution < 1.29 is 29.1 Å². The zero-order valence-electron chi connectivity index (χ0n) is 31.0. The zero-order valence-corrected chi connectivity index (χ0v) is 31.0. The van der Waals surface area contributed by atoms with Crippen molar-refractivity contribution in [3.63, 3.8) is 0 Å². The van der Waals surface area contributed by atoms with E-state index in [2.05, 4.69) is 41.9 Å². The maximum Gasteiger partial charge on any atom is 0.303 e. The van der Waals surface area contributed by atoms with E-state index in [1.165, 1.54) is 11.1 Å². The quantitative estimate of drug-likeness (QED) is 0.194. The number of hydrogen-bond donors (Lipinski definition) is 6. The normalized spacial score (nSPS) is 31.0. The van der Waals surface area contributed by atoms with Gasteiger partial charge in [0.15, 0.2) is 0 Å². The van der Waals surface area contributed by atoms with Crippen LogP contribution in [0.25, 0.3) is 0 Å². The van der Waals surface area contributed by atoms with Crippen LogP contribution in [0.5, 0.6) is 0 Å². The Morgan fingerprint density at radius 3 is 1.71 bits per heavy atom. The second-order valence-corrected chi connectivity index (χ2v) is 16.9. The van der Waals surface area contributed by atoms with Crippen LogP contribution in [0.15, 0.2) is 36.4 Å². The summed E-state index contributed by atoms with van der Waals surface area (Å²) in [6, 6.07) is 11.0. The Bertz CT molecular complexity index is 1790. The minimum atomic E-state index is -1.00. The minimum absolute atomic E-state index is 0.0198. The van der Waals surface area contributed by atoms with Crippen LogP contribution in [0.3, 0.4) is 0 Å². The van der Waals surface area contributed by atoms with E-state index in [4.69, 9.17) is 16.6 Å². The molecular weight excluding hydrogens is 658 g/mol. The van der Waals surface area contributed by atoms with Gasteiger partial charge < -0.3 is 27.2 Å². The molecule has 0 spiro atoms. The first-order chi connectivity index (χ1) is 24.5. The second kappa shape index (κ2) is 14.0. The molecule has 0 saturated heterocycles. The van der Waals surface area contributed by atoms with Crippen molar-refractivity contribution in [2.45, 2.75) is 122 Å². The fourth-order valence-corrected chi connectivity index (χ4v) is 10.9. The van der Waals surface area contributed by atoms with Gasteiger partial charge in [0.05, 0.1) is 23.4 Å². The van der Waals surface area contributed by atoms with Gasteiger partial charge in [0, 0.05) is 17.8 Å². The molecule has 7 atom stereocenters. The molecule has 2 aromatic rings. The van der Waals surface area contributed by atoms with Crippen molar-refractivity contribution >= 4 is 41.0 Å². The van der Waals surface area contributed by atoms with Gasteiger partial charge in [0.25, 0.3) is 0 Å². The number of aliphatic carboxylic acids is 1. The molecule has 2 aromatic carbocycles. The number of imide groups is 1. The molecule has 8 N–H and O–H groups in total. The summed E-state index contributed by atoms with van der Waals surface area (Å²) in [6.45, 7) is 8.42. The van der Waals surface area contributed by atoms with Gasteiger partial charge in [-0.25, -0.2) is 0 Å². The van der Waals surface area contributed by atoms with Crippen molar-refractivity contribution in [1.82, 2.24) is 5.32 Å². The van der Waals surface area contributed by atoms with Crippen LogP contribution in [-0.4, -0.2) is 47.3 Å². The number of carbonyl (C=O) groups excluding carboxylic acids is 4. The fraction of sp³-hybridized carbons (Fsp3) is 0.585. The molecule has 4 aliphatic carbocycles. The summed E-state index contributed by atoms with van der Waals surface area (Å²) in [5.41, 5.74) is 15.4. The molecule has 6 rings (SSSR count). The summed E-state index contributed by atoms with van der Waals surface area (Å²) in [4.78, 5) is 64.9. The zero-order chi connectivity index (χ0) is 37.6. The van der Waals surface area contributed by atoms with Gasteiger partial charge in [0.1, 0.15) is 0 Å². The highest BCUT2D eigenvalue weighted by atomic mass is 16.4. The Morgan fingerprint density at radius 1 is 0.769 bits per heavy atom. The number of anilines is 2. The molecule has 2 fully saturated rings. The van der Waals surface area contributed by atoms with Crippen LogP contribution in [-0.2, 0) is 47.6 Å². The van der Waals surface area contributed by atoms with E-state index in [0.29, 0.717) is 24.2 Å². The summed E-state index contributed by atoms with van der Waals surface area (Å²) >= 11 is 0. The summed E-state index contributed by atoms with van der Waals surface area (Å²) in [5, 5.41) is 17.8. The lowest BCUT2D eigenvalue weighted by Gasteiger charge is -2.56. The number of hydrogen-bond acceptors (Lipinski definition) is 7. The first-order valence-corrected chi connectivity index (χ1v) is 19.0. The number of nitrogens with two attached hydrogens (primary N) is 2. The first-order valence-electron chi connectivity index (χ1n) is 19.0. The monoisotopic (exact) mass is 713 g/mol. The molecule has 11 heteroatoms.